The molecule has 33 heavy (non-hydrogen) atoms. The quantitative estimate of drug-likeness (QED) is 0.295. The van der Waals surface area contributed by atoms with Crippen molar-refractivity contribution in [2.45, 2.75) is 36.4 Å². The van der Waals surface area contributed by atoms with Gasteiger partial charge in [0.1, 0.15) is 30.2 Å². The van der Waals surface area contributed by atoms with Crippen LogP contribution in [0.25, 0.3) is 11.2 Å². The molecule has 0 bridgehead atoms. The van der Waals surface area contributed by atoms with E-state index in [4.69, 9.17) is 10.5 Å². The van der Waals surface area contributed by atoms with Crippen LogP contribution in [-0.4, -0.2) is 78.8 Å². The normalized spacial score (nSPS) is 23.4. The van der Waals surface area contributed by atoms with Crippen LogP contribution in [0.2, 0.25) is 0 Å². The molecular weight excluding hydrogens is 458 g/mol. The average Bonchev–Trinajstić information content (AvgIpc) is 3.34. The van der Waals surface area contributed by atoms with Crippen molar-refractivity contribution in [1.82, 2.24) is 23.8 Å². The van der Waals surface area contributed by atoms with E-state index in [1.165, 1.54) is 35.4 Å². The molecule has 0 spiro atoms. The van der Waals surface area contributed by atoms with E-state index < -0.39 is 39.5 Å². The first-order valence-corrected chi connectivity index (χ1v) is 11.3. The number of aliphatic hydroxyl groups excluding tert-OH is 2. The van der Waals surface area contributed by atoms with Crippen molar-refractivity contribution in [2.75, 3.05) is 18.8 Å². The molecule has 0 amide bonds. The SMILES string of the molecule is CCN(C[C@H]1O[C@@H](n2cnc3c(N)ncnc32)[C@H](O)[C@@H]1O)S(=O)(=O)c1cccc([N+](=O)[O-])c1. The number of hydrogen-bond acceptors (Lipinski definition) is 11. The predicted octanol–water partition coefficient (Wildman–Crippen LogP) is -0.353. The minimum absolute atomic E-state index is 0.00384. The zero-order valence-electron chi connectivity index (χ0n) is 17.3. The number of nitro groups is 1. The molecule has 1 aliphatic heterocycles. The molecule has 0 radical (unpaired) electrons. The van der Waals surface area contributed by atoms with Crippen molar-refractivity contribution in [3.05, 3.63) is 47.0 Å². The second-order valence-corrected chi connectivity index (χ2v) is 9.28. The number of rotatable bonds is 7. The Kier molecular flexibility index (Phi) is 5.98. The molecule has 0 saturated carbocycles. The van der Waals surface area contributed by atoms with E-state index in [1.807, 2.05) is 0 Å². The highest BCUT2D eigenvalue weighted by molar-refractivity contribution is 7.89. The van der Waals surface area contributed by atoms with Gasteiger partial charge in [0.05, 0.1) is 16.1 Å². The predicted molar refractivity (Wildman–Crippen MR) is 113 cm³/mol. The summed E-state index contributed by atoms with van der Waals surface area (Å²) in [6.07, 6.45) is -2.51. The third kappa shape index (κ3) is 4.00. The van der Waals surface area contributed by atoms with Crippen LogP contribution in [0.3, 0.4) is 0 Å². The van der Waals surface area contributed by atoms with Crippen LogP contribution in [-0.2, 0) is 14.8 Å². The third-order valence-corrected chi connectivity index (χ3v) is 7.34. The van der Waals surface area contributed by atoms with Crippen LogP contribution in [0.5, 0.6) is 0 Å². The first kappa shape index (κ1) is 22.9. The fourth-order valence-electron chi connectivity index (χ4n) is 3.67. The van der Waals surface area contributed by atoms with Crippen LogP contribution in [0.15, 0.2) is 41.8 Å². The number of non-ortho nitro benzene ring substituents is 1. The minimum atomic E-state index is -4.15. The number of aromatic nitrogens is 4. The highest BCUT2D eigenvalue weighted by Gasteiger charge is 2.46. The maximum absolute atomic E-state index is 13.1. The summed E-state index contributed by atoms with van der Waals surface area (Å²) in [4.78, 5) is 22.1. The summed E-state index contributed by atoms with van der Waals surface area (Å²) < 4.78 is 34.4. The first-order chi connectivity index (χ1) is 15.6. The summed E-state index contributed by atoms with van der Waals surface area (Å²) in [6.45, 7) is 1.27. The Morgan fingerprint density at radius 3 is 2.73 bits per heavy atom. The van der Waals surface area contributed by atoms with Crippen LogP contribution < -0.4 is 5.73 Å². The van der Waals surface area contributed by atoms with Gasteiger partial charge < -0.3 is 20.7 Å². The van der Waals surface area contributed by atoms with Gasteiger partial charge in [-0.1, -0.05) is 13.0 Å². The highest BCUT2D eigenvalue weighted by Crippen LogP contribution is 2.33. The number of sulfonamides is 1. The molecule has 176 valence electrons. The average molecular weight is 479 g/mol. The topological polar surface area (TPSA) is 200 Å². The lowest BCUT2D eigenvalue weighted by molar-refractivity contribution is -0.385. The van der Waals surface area contributed by atoms with Gasteiger partial charge in [-0.3, -0.25) is 14.7 Å². The van der Waals surface area contributed by atoms with Gasteiger partial charge in [0.25, 0.3) is 5.69 Å². The van der Waals surface area contributed by atoms with Crippen molar-refractivity contribution >= 4 is 32.7 Å². The van der Waals surface area contributed by atoms with Gasteiger partial charge in [-0.05, 0) is 6.07 Å². The van der Waals surface area contributed by atoms with Gasteiger partial charge >= 0.3 is 0 Å². The Balaban J connectivity index is 1.59. The van der Waals surface area contributed by atoms with Crippen LogP contribution in [0.4, 0.5) is 11.5 Å². The summed E-state index contributed by atoms with van der Waals surface area (Å²) >= 11 is 0. The van der Waals surface area contributed by atoms with Crippen molar-refractivity contribution in [2.24, 2.45) is 0 Å². The van der Waals surface area contributed by atoms with E-state index in [1.54, 1.807) is 6.92 Å². The molecule has 15 heteroatoms. The molecule has 14 nitrogen and oxygen atoms in total. The summed E-state index contributed by atoms with van der Waals surface area (Å²) in [5.41, 5.74) is 5.97. The van der Waals surface area contributed by atoms with Crippen molar-refractivity contribution in [3.8, 4) is 0 Å². The van der Waals surface area contributed by atoms with Gasteiger partial charge in [0, 0.05) is 25.2 Å². The molecule has 1 saturated heterocycles. The molecule has 1 fully saturated rings. The Morgan fingerprint density at radius 1 is 1.27 bits per heavy atom. The largest absolute Gasteiger partial charge is 0.387 e. The van der Waals surface area contributed by atoms with E-state index in [0.717, 1.165) is 10.4 Å². The first-order valence-electron chi connectivity index (χ1n) is 9.84. The molecular formula is C18H21N7O7S. The molecule has 3 aromatic rings. The molecule has 0 unspecified atom stereocenters. The van der Waals surface area contributed by atoms with E-state index in [0.29, 0.717) is 0 Å². The molecule has 4 N–H and O–H groups in total. The van der Waals surface area contributed by atoms with E-state index in [-0.39, 0.29) is 40.7 Å². The number of likely N-dealkylation sites (N-methyl/N-ethyl adjacent to an activating group) is 1. The van der Waals surface area contributed by atoms with E-state index in [9.17, 15) is 28.7 Å². The van der Waals surface area contributed by atoms with Gasteiger partial charge in [-0.25, -0.2) is 23.4 Å². The van der Waals surface area contributed by atoms with Crippen LogP contribution in [0.1, 0.15) is 13.2 Å². The number of nitro benzene ring substituents is 1. The second-order valence-electron chi connectivity index (χ2n) is 7.34. The van der Waals surface area contributed by atoms with E-state index in [2.05, 4.69) is 15.0 Å². The molecule has 1 aromatic carbocycles. The molecule has 4 rings (SSSR count). The zero-order valence-corrected chi connectivity index (χ0v) is 18.1. The van der Waals surface area contributed by atoms with Crippen molar-refractivity contribution in [3.63, 3.8) is 0 Å². The Morgan fingerprint density at radius 2 is 2.03 bits per heavy atom. The number of nitrogens with two attached hydrogens (primary N) is 1. The van der Waals surface area contributed by atoms with Gasteiger partial charge in [-0.15, -0.1) is 0 Å². The maximum atomic E-state index is 13.1. The Bertz CT molecular complexity index is 1300. The molecule has 2 aromatic heterocycles. The maximum Gasteiger partial charge on any atom is 0.270 e. The smallest absolute Gasteiger partial charge is 0.270 e. The molecule has 3 heterocycles. The zero-order chi connectivity index (χ0) is 23.9. The lowest BCUT2D eigenvalue weighted by atomic mass is 10.1. The number of hydrogen-bond donors (Lipinski definition) is 3. The number of fused-ring (bicyclic) bond motifs is 1. The number of nitrogens with zero attached hydrogens (tertiary/aromatic N) is 6. The van der Waals surface area contributed by atoms with Crippen molar-refractivity contribution < 1.29 is 28.3 Å². The van der Waals surface area contributed by atoms with Crippen LogP contribution in [0, 0.1) is 10.1 Å². The van der Waals surface area contributed by atoms with Crippen molar-refractivity contribution in [1.29, 1.82) is 0 Å². The fourth-order valence-corrected chi connectivity index (χ4v) is 5.17. The lowest BCUT2D eigenvalue weighted by Gasteiger charge is -2.25. The number of imidazole rings is 1. The van der Waals surface area contributed by atoms with Gasteiger partial charge in [0.15, 0.2) is 17.7 Å². The lowest BCUT2D eigenvalue weighted by Crippen LogP contribution is -2.42. The number of nitrogen functional groups attached to an aromatic ring is 1. The van der Waals surface area contributed by atoms with Gasteiger partial charge in [0.2, 0.25) is 10.0 Å². The fraction of sp³-hybridized carbons (Fsp3) is 0.389. The summed E-state index contributed by atoms with van der Waals surface area (Å²) in [5, 5.41) is 32.2. The molecule has 1 aliphatic rings. The standard InChI is InChI=1S/C18H21N7O7S/c1-2-23(33(30,31)11-5-3-4-10(6-11)25(28)29)7-12-14(26)15(27)18(32-12)24-9-22-13-16(19)20-8-21-17(13)24/h3-6,8-9,12,14-15,18,26-27H,2,7H2,1H3,(H2,19,20,21)/t12-,14-,15-,18-/m1/s1. The Hall–Kier alpha value is -3.24. The van der Waals surface area contributed by atoms with Gasteiger partial charge in [-0.2, -0.15) is 4.31 Å². The van der Waals surface area contributed by atoms with E-state index >= 15 is 0 Å². The molecule has 4 atom stereocenters. The number of benzene rings is 1. The number of ether oxygens (including phenoxy) is 1. The third-order valence-electron chi connectivity index (χ3n) is 5.40. The summed E-state index contributed by atoms with van der Waals surface area (Å²) in [6, 6.07) is 4.67. The monoisotopic (exact) mass is 479 g/mol. The number of aliphatic hydroxyl groups is 2. The highest BCUT2D eigenvalue weighted by atomic mass is 32.2. The Labute approximate surface area is 187 Å². The molecule has 0 aliphatic carbocycles. The summed E-state index contributed by atoms with van der Waals surface area (Å²) in [5.74, 6) is 0.128. The van der Waals surface area contributed by atoms with Crippen LogP contribution >= 0.6 is 0 Å². The number of anilines is 1. The summed E-state index contributed by atoms with van der Waals surface area (Å²) in [7, 11) is -4.15. The minimum Gasteiger partial charge on any atom is -0.387 e. The second kappa shape index (κ2) is 8.60.